The predicted molar refractivity (Wildman–Crippen MR) is 67.5 cm³/mol. The molecule has 0 aliphatic heterocycles. The van der Waals surface area contributed by atoms with Gasteiger partial charge in [0, 0.05) is 30.2 Å². The van der Waals surface area contributed by atoms with Gasteiger partial charge in [0.2, 0.25) is 0 Å². The maximum absolute atomic E-state index is 5.96. The molecule has 3 heteroatoms. The molecule has 1 saturated carbocycles. The van der Waals surface area contributed by atoms with Crippen LogP contribution in [0.2, 0.25) is 0 Å². The van der Waals surface area contributed by atoms with Crippen LogP contribution in [0.5, 0.6) is 0 Å². The molecule has 0 amide bonds. The monoisotopic (exact) mass is 219 g/mol. The number of aryl methyl sites for hydroxylation is 1. The van der Waals surface area contributed by atoms with E-state index in [0.717, 1.165) is 6.54 Å². The lowest BCUT2D eigenvalue weighted by atomic mass is 9.81. The summed E-state index contributed by atoms with van der Waals surface area (Å²) in [5, 5.41) is 3.65. The zero-order valence-corrected chi connectivity index (χ0v) is 10.00. The standard InChI is InChI=1S/C13H21N3/c1-11-9-15-8-5-12(11)16-13(10-14)6-3-2-4-7-13/h5,8-9H,2-4,6-7,10,14H2,1H3,(H,15,16). The summed E-state index contributed by atoms with van der Waals surface area (Å²) in [6.07, 6.45) is 10.0. The molecular formula is C13H21N3. The molecule has 0 spiro atoms. The highest BCUT2D eigenvalue weighted by Crippen LogP contribution is 2.31. The Morgan fingerprint density at radius 1 is 1.38 bits per heavy atom. The van der Waals surface area contributed by atoms with E-state index in [-0.39, 0.29) is 5.54 Å². The molecule has 16 heavy (non-hydrogen) atoms. The highest BCUT2D eigenvalue weighted by Gasteiger charge is 2.30. The largest absolute Gasteiger partial charge is 0.378 e. The molecule has 88 valence electrons. The number of hydrogen-bond acceptors (Lipinski definition) is 3. The first-order valence-corrected chi connectivity index (χ1v) is 6.15. The summed E-state index contributed by atoms with van der Waals surface area (Å²) in [5.41, 5.74) is 8.45. The van der Waals surface area contributed by atoms with Crippen LogP contribution in [0.15, 0.2) is 18.5 Å². The van der Waals surface area contributed by atoms with Crippen molar-refractivity contribution in [2.24, 2.45) is 5.73 Å². The molecule has 1 aliphatic rings. The summed E-state index contributed by atoms with van der Waals surface area (Å²) in [5.74, 6) is 0. The molecule has 1 fully saturated rings. The molecule has 3 N–H and O–H groups in total. The summed E-state index contributed by atoms with van der Waals surface area (Å²) in [6, 6.07) is 2.04. The number of rotatable bonds is 3. The average Bonchev–Trinajstić information content (AvgIpc) is 2.33. The molecule has 0 atom stereocenters. The van der Waals surface area contributed by atoms with Gasteiger partial charge in [0.05, 0.1) is 0 Å². The van der Waals surface area contributed by atoms with Crippen LogP contribution in [0, 0.1) is 6.92 Å². The second kappa shape index (κ2) is 4.83. The van der Waals surface area contributed by atoms with Crippen LogP contribution < -0.4 is 11.1 Å². The van der Waals surface area contributed by atoms with Crippen LogP contribution in [0.4, 0.5) is 5.69 Å². The molecule has 1 aliphatic carbocycles. The van der Waals surface area contributed by atoms with E-state index in [1.165, 1.54) is 43.4 Å². The van der Waals surface area contributed by atoms with Crippen LogP contribution in [-0.2, 0) is 0 Å². The average molecular weight is 219 g/mol. The van der Waals surface area contributed by atoms with Gasteiger partial charge in [0.1, 0.15) is 0 Å². The molecule has 3 nitrogen and oxygen atoms in total. The van der Waals surface area contributed by atoms with E-state index in [2.05, 4.69) is 17.2 Å². The van der Waals surface area contributed by atoms with E-state index < -0.39 is 0 Å². The van der Waals surface area contributed by atoms with Gasteiger partial charge in [0.15, 0.2) is 0 Å². The third kappa shape index (κ3) is 2.35. The Bertz CT molecular complexity index is 343. The Morgan fingerprint density at radius 2 is 2.12 bits per heavy atom. The summed E-state index contributed by atoms with van der Waals surface area (Å²) >= 11 is 0. The maximum atomic E-state index is 5.96. The Hall–Kier alpha value is -1.09. The number of pyridine rings is 1. The maximum Gasteiger partial charge on any atom is 0.0495 e. The van der Waals surface area contributed by atoms with Crippen molar-refractivity contribution in [1.82, 2.24) is 4.98 Å². The Balaban J connectivity index is 2.15. The fraction of sp³-hybridized carbons (Fsp3) is 0.615. The highest BCUT2D eigenvalue weighted by molar-refractivity contribution is 5.51. The number of hydrogen-bond donors (Lipinski definition) is 2. The Labute approximate surface area is 97.5 Å². The summed E-state index contributed by atoms with van der Waals surface area (Å²) in [4.78, 5) is 4.12. The van der Waals surface area contributed by atoms with E-state index in [1.807, 2.05) is 18.5 Å². The number of aromatic nitrogens is 1. The summed E-state index contributed by atoms with van der Waals surface area (Å²) in [6.45, 7) is 2.80. The van der Waals surface area contributed by atoms with Gasteiger partial charge in [-0.2, -0.15) is 0 Å². The predicted octanol–water partition coefficient (Wildman–Crippen LogP) is 2.46. The first-order valence-electron chi connectivity index (χ1n) is 6.15. The zero-order valence-electron chi connectivity index (χ0n) is 10.00. The molecule has 0 bridgehead atoms. The Morgan fingerprint density at radius 3 is 2.75 bits per heavy atom. The quantitative estimate of drug-likeness (QED) is 0.821. The molecule has 1 heterocycles. The lowest BCUT2D eigenvalue weighted by molar-refractivity contribution is 0.331. The van der Waals surface area contributed by atoms with Crippen molar-refractivity contribution in [2.75, 3.05) is 11.9 Å². The van der Waals surface area contributed by atoms with Crippen LogP contribution in [-0.4, -0.2) is 17.1 Å². The second-order valence-corrected chi connectivity index (χ2v) is 4.86. The van der Waals surface area contributed by atoms with Crippen LogP contribution in [0.3, 0.4) is 0 Å². The van der Waals surface area contributed by atoms with Crippen molar-refractivity contribution in [3.05, 3.63) is 24.0 Å². The fourth-order valence-corrected chi connectivity index (χ4v) is 2.51. The van der Waals surface area contributed by atoms with E-state index in [9.17, 15) is 0 Å². The number of anilines is 1. The SMILES string of the molecule is Cc1cnccc1NC1(CN)CCCCC1. The molecular weight excluding hydrogens is 198 g/mol. The molecule has 1 aromatic rings. The third-order valence-electron chi connectivity index (χ3n) is 3.62. The zero-order chi connectivity index (χ0) is 11.4. The van der Waals surface area contributed by atoms with Gasteiger partial charge in [-0.25, -0.2) is 0 Å². The molecule has 2 rings (SSSR count). The van der Waals surface area contributed by atoms with Gasteiger partial charge in [-0.3, -0.25) is 4.98 Å². The van der Waals surface area contributed by atoms with E-state index in [4.69, 9.17) is 5.73 Å². The summed E-state index contributed by atoms with van der Waals surface area (Å²) < 4.78 is 0. The highest BCUT2D eigenvalue weighted by atomic mass is 15.0. The van der Waals surface area contributed by atoms with Crippen molar-refractivity contribution in [3.8, 4) is 0 Å². The number of nitrogens with zero attached hydrogens (tertiary/aromatic N) is 1. The summed E-state index contributed by atoms with van der Waals surface area (Å²) in [7, 11) is 0. The lowest BCUT2D eigenvalue weighted by Crippen LogP contribution is -2.47. The van der Waals surface area contributed by atoms with Gasteiger partial charge in [-0.1, -0.05) is 19.3 Å². The molecule has 0 unspecified atom stereocenters. The molecule has 0 radical (unpaired) electrons. The first kappa shape index (κ1) is 11.4. The fourth-order valence-electron chi connectivity index (χ4n) is 2.51. The van der Waals surface area contributed by atoms with Crippen molar-refractivity contribution in [3.63, 3.8) is 0 Å². The van der Waals surface area contributed by atoms with Gasteiger partial charge < -0.3 is 11.1 Å². The van der Waals surface area contributed by atoms with Gasteiger partial charge in [0.25, 0.3) is 0 Å². The number of nitrogens with one attached hydrogen (secondary N) is 1. The minimum absolute atomic E-state index is 0.115. The molecule has 0 aromatic carbocycles. The van der Waals surface area contributed by atoms with Gasteiger partial charge in [-0.15, -0.1) is 0 Å². The van der Waals surface area contributed by atoms with E-state index in [1.54, 1.807) is 0 Å². The Kier molecular flexibility index (Phi) is 3.44. The second-order valence-electron chi connectivity index (χ2n) is 4.86. The normalized spacial score (nSPS) is 19.4. The van der Waals surface area contributed by atoms with E-state index in [0.29, 0.717) is 0 Å². The topological polar surface area (TPSA) is 50.9 Å². The number of nitrogens with two attached hydrogens (primary N) is 1. The minimum atomic E-state index is 0.115. The van der Waals surface area contributed by atoms with Crippen molar-refractivity contribution in [2.45, 2.75) is 44.6 Å². The van der Waals surface area contributed by atoms with Gasteiger partial charge in [-0.05, 0) is 31.4 Å². The smallest absolute Gasteiger partial charge is 0.0495 e. The first-order chi connectivity index (χ1) is 7.76. The van der Waals surface area contributed by atoms with Crippen LogP contribution in [0.25, 0.3) is 0 Å². The van der Waals surface area contributed by atoms with Crippen molar-refractivity contribution < 1.29 is 0 Å². The minimum Gasteiger partial charge on any atom is -0.378 e. The molecule has 1 aromatic heterocycles. The lowest BCUT2D eigenvalue weighted by Gasteiger charge is -2.38. The van der Waals surface area contributed by atoms with Crippen LogP contribution >= 0.6 is 0 Å². The van der Waals surface area contributed by atoms with Gasteiger partial charge >= 0.3 is 0 Å². The van der Waals surface area contributed by atoms with Crippen molar-refractivity contribution in [1.29, 1.82) is 0 Å². The van der Waals surface area contributed by atoms with Crippen LogP contribution in [0.1, 0.15) is 37.7 Å². The van der Waals surface area contributed by atoms with E-state index >= 15 is 0 Å². The molecule has 0 saturated heterocycles. The van der Waals surface area contributed by atoms with Crippen molar-refractivity contribution >= 4 is 5.69 Å². The third-order valence-corrected chi connectivity index (χ3v) is 3.62.